The van der Waals surface area contributed by atoms with Crippen LogP contribution in [-0.2, 0) is 13.8 Å². The predicted octanol–water partition coefficient (Wildman–Crippen LogP) is -0.877. The third-order valence-electron chi connectivity index (χ3n) is 4.73. The van der Waals surface area contributed by atoms with E-state index in [1.807, 2.05) is 20.8 Å². The van der Waals surface area contributed by atoms with Gasteiger partial charge in [0.15, 0.2) is 0 Å². The van der Waals surface area contributed by atoms with Crippen LogP contribution in [0, 0.1) is 0 Å². The van der Waals surface area contributed by atoms with Crippen molar-refractivity contribution >= 4 is 38.7 Å². The number of anilines is 3. The summed E-state index contributed by atoms with van der Waals surface area (Å²) in [6, 6.07) is -0.389. The van der Waals surface area contributed by atoms with Crippen LogP contribution >= 0.6 is 7.82 Å². The Hall–Kier alpha value is -1.76. The number of fused-ring (bicyclic) bond motifs is 2. The molecule has 3 aliphatic rings. The number of carbonyl (C=O) groups excluding carboxylic acids is 1. The average Bonchev–Trinajstić information content (AvgIpc) is 3.15. The van der Waals surface area contributed by atoms with E-state index in [1.165, 1.54) is 13.9 Å². The first-order valence-electron chi connectivity index (χ1n) is 9.36. The van der Waals surface area contributed by atoms with Gasteiger partial charge in [0.25, 0.3) is 0 Å². The number of carbonyl (C=O) groups is 1. The molecule has 4 heterocycles. The van der Waals surface area contributed by atoms with Crippen LogP contribution in [0.3, 0.4) is 0 Å². The number of hydrogen-bond donors (Lipinski definition) is 5. The fourth-order valence-corrected chi connectivity index (χ4v) is 4.90. The molecule has 2 amide bonds. The third kappa shape index (κ3) is 4.11. The standard InChI is InChI=1S/C15H26BN6O6P/c1-15(2,3)21-14(24)20-11-8-12(18-5-17-11)22(6-19-8)13-9(23)10-7(27-13)4-26-29(16,25)28-10/h5,7,9-10,13,19,23,25,29H,4,6,16H2,1-3H3,(H2,17,18,20,21,24)/t7?,9?,10-,13?/m1/s1. The van der Waals surface area contributed by atoms with Gasteiger partial charge in [-0.2, -0.15) is 0 Å². The summed E-state index contributed by atoms with van der Waals surface area (Å²) in [6.07, 6.45) is -1.61. The fourth-order valence-electron chi connectivity index (χ4n) is 3.56. The van der Waals surface area contributed by atoms with Gasteiger partial charge in [-0.3, -0.25) is 0 Å². The summed E-state index contributed by atoms with van der Waals surface area (Å²) in [5.74, 6) is 0.803. The molecule has 0 radical (unpaired) electrons. The molecule has 1 aromatic heterocycles. The van der Waals surface area contributed by atoms with Crippen molar-refractivity contribution in [1.29, 1.82) is 0 Å². The van der Waals surface area contributed by atoms with Gasteiger partial charge in [-0.05, 0) is 20.8 Å². The Bertz CT molecular complexity index is 810. The second-order valence-corrected chi connectivity index (χ2v) is 10.7. The molecule has 1 aromatic rings. The van der Waals surface area contributed by atoms with Crippen LogP contribution in [0.1, 0.15) is 20.8 Å². The van der Waals surface area contributed by atoms with Gasteiger partial charge < -0.3 is 0 Å². The van der Waals surface area contributed by atoms with Crippen molar-refractivity contribution in [3.8, 4) is 0 Å². The number of urea groups is 1. The zero-order valence-electron chi connectivity index (χ0n) is 16.7. The molecule has 14 heteroatoms. The Morgan fingerprint density at radius 2 is 2.21 bits per heavy atom. The minimum absolute atomic E-state index is 0.148. The fraction of sp³-hybridized carbons (Fsp3) is 0.667. The maximum absolute atomic E-state index is 12.2. The van der Waals surface area contributed by atoms with Gasteiger partial charge in [-0.25, -0.2) is 0 Å². The summed E-state index contributed by atoms with van der Waals surface area (Å²) >= 11 is 0. The van der Waals surface area contributed by atoms with Gasteiger partial charge in [0, 0.05) is 0 Å². The van der Waals surface area contributed by atoms with Crippen molar-refractivity contribution in [3.05, 3.63) is 6.33 Å². The molecule has 0 saturated carbocycles. The van der Waals surface area contributed by atoms with Gasteiger partial charge in [-0.1, -0.05) is 0 Å². The molecular formula is C15H26BN6O6P. The van der Waals surface area contributed by atoms with Crippen LogP contribution in [-0.4, -0.2) is 76.9 Å². The number of rotatable bonds is 2. The Kier molecular flexibility index (Phi) is 5.08. The normalized spacial score (nSPS) is 31.4. The number of ether oxygens (including phenoxy) is 1. The molecule has 2 saturated heterocycles. The van der Waals surface area contributed by atoms with Crippen LogP contribution in [0.2, 0.25) is 0 Å². The molecule has 0 bridgehead atoms. The monoisotopic (exact) mass is 428 g/mol. The van der Waals surface area contributed by atoms with Crippen LogP contribution in [0.15, 0.2) is 6.33 Å². The number of nitrogens with zero attached hydrogens (tertiary/aromatic N) is 3. The van der Waals surface area contributed by atoms with E-state index in [1.54, 1.807) is 4.90 Å². The van der Waals surface area contributed by atoms with Crippen molar-refractivity contribution in [2.24, 2.45) is 0 Å². The first-order valence-corrected chi connectivity index (χ1v) is 11.6. The van der Waals surface area contributed by atoms with Crippen molar-refractivity contribution in [2.45, 2.75) is 50.8 Å². The van der Waals surface area contributed by atoms with Crippen LogP contribution in [0.5, 0.6) is 0 Å². The molecule has 29 heavy (non-hydrogen) atoms. The number of amides is 2. The summed E-state index contributed by atoms with van der Waals surface area (Å²) in [7, 11) is -1.76. The first-order chi connectivity index (χ1) is 13.5. The van der Waals surface area contributed by atoms with Gasteiger partial charge in [-0.15, -0.1) is 0 Å². The van der Waals surface area contributed by atoms with Crippen LogP contribution < -0.4 is 20.9 Å². The van der Waals surface area contributed by atoms with E-state index in [0.29, 0.717) is 24.0 Å². The van der Waals surface area contributed by atoms with Crippen molar-refractivity contribution in [1.82, 2.24) is 15.3 Å². The molecule has 3 aliphatic heterocycles. The average molecular weight is 428 g/mol. The van der Waals surface area contributed by atoms with E-state index in [0.717, 1.165) is 0 Å². The maximum atomic E-state index is 12.2. The number of aliphatic hydroxyl groups excluding tert-OH is 1. The van der Waals surface area contributed by atoms with Gasteiger partial charge in [0.2, 0.25) is 0 Å². The molecule has 3 unspecified atom stereocenters. The predicted molar refractivity (Wildman–Crippen MR) is 109 cm³/mol. The molecule has 4 rings (SSSR count). The summed E-state index contributed by atoms with van der Waals surface area (Å²) in [6.45, 7) is 6.07. The molecule has 2 fully saturated rings. The molecule has 0 aliphatic carbocycles. The van der Waals surface area contributed by atoms with E-state index in [2.05, 4.69) is 25.9 Å². The number of hydrogen-bond acceptors (Lipinski definition) is 10. The van der Waals surface area contributed by atoms with Crippen molar-refractivity contribution in [3.63, 3.8) is 0 Å². The molecule has 4 atom stereocenters. The summed E-state index contributed by atoms with van der Waals surface area (Å²) in [5.41, 5.74) is 0.130. The first kappa shape index (κ1) is 20.5. The molecule has 0 aromatic carbocycles. The Labute approximate surface area is 169 Å². The Morgan fingerprint density at radius 3 is 2.93 bits per heavy atom. The second kappa shape index (κ2) is 7.19. The topological polar surface area (TPSA) is 150 Å². The van der Waals surface area contributed by atoms with Gasteiger partial charge in [0.05, 0.1) is 0 Å². The van der Waals surface area contributed by atoms with Crippen LogP contribution in [0.25, 0.3) is 0 Å². The van der Waals surface area contributed by atoms with Gasteiger partial charge in [0.1, 0.15) is 0 Å². The van der Waals surface area contributed by atoms with Crippen molar-refractivity contribution < 1.29 is 28.6 Å². The van der Waals surface area contributed by atoms with Crippen molar-refractivity contribution in [2.75, 3.05) is 28.8 Å². The second-order valence-electron chi connectivity index (χ2n) is 8.40. The molecule has 12 nitrogen and oxygen atoms in total. The summed E-state index contributed by atoms with van der Waals surface area (Å²) in [4.78, 5) is 32.5. The minimum atomic E-state index is -3.26. The van der Waals surface area contributed by atoms with E-state index in [4.69, 9.17) is 13.8 Å². The molecule has 5 N–H and O–H groups in total. The zero-order chi connectivity index (χ0) is 21.0. The Balaban J connectivity index is 1.52. The van der Waals surface area contributed by atoms with Crippen LogP contribution in [0.4, 0.5) is 22.1 Å². The third-order valence-corrected chi connectivity index (χ3v) is 6.14. The van der Waals surface area contributed by atoms with E-state index >= 15 is 0 Å². The summed E-state index contributed by atoms with van der Waals surface area (Å²) < 4.78 is 16.8. The van der Waals surface area contributed by atoms with E-state index in [-0.39, 0.29) is 12.6 Å². The van der Waals surface area contributed by atoms with E-state index < -0.39 is 37.9 Å². The molecule has 160 valence electrons. The molecular weight excluding hydrogens is 402 g/mol. The Morgan fingerprint density at radius 1 is 1.45 bits per heavy atom. The molecule has 0 spiro atoms. The number of aromatic nitrogens is 2. The van der Waals surface area contributed by atoms with Gasteiger partial charge >= 0.3 is 148 Å². The zero-order valence-corrected chi connectivity index (χ0v) is 17.7. The summed E-state index contributed by atoms with van der Waals surface area (Å²) in [5, 5.41) is 19.4. The quantitative estimate of drug-likeness (QED) is 0.297. The SMILES string of the molecule is B[PH]1(O)OCC2OC(N3CNc4c(NC(=O)NC(C)(C)C)ncnc43)C(O)[C@@H]2O1. The number of nitrogens with one attached hydrogen (secondary N) is 3. The van der Waals surface area contributed by atoms with E-state index in [9.17, 15) is 14.8 Å². The number of aliphatic hydroxyl groups is 1.